The maximum atomic E-state index is 12.8. The van der Waals surface area contributed by atoms with Crippen molar-refractivity contribution < 1.29 is 27.4 Å². The smallest absolute Gasteiger partial charge is 0.422 e. The molecule has 0 aliphatic carbocycles. The Morgan fingerprint density at radius 2 is 1.86 bits per heavy atom. The van der Waals surface area contributed by atoms with Crippen LogP contribution in [0.15, 0.2) is 42.6 Å². The van der Waals surface area contributed by atoms with Crippen molar-refractivity contribution in [1.82, 2.24) is 9.88 Å². The molecular weight excluding hydrogens is 373 g/mol. The number of hydrogen-bond donors (Lipinski definition) is 0. The zero-order chi connectivity index (χ0) is 20.7. The van der Waals surface area contributed by atoms with Gasteiger partial charge in [-0.05, 0) is 44.0 Å². The summed E-state index contributed by atoms with van der Waals surface area (Å²) in [6, 6.07) is 10.2. The maximum absolute atomic E-state index is 12.8. The number of methoxy groups -OCH3 is 1. The average molecular weight is 396 g/mol. The molecule has 8 heteroatoms. The molecule has 0 saturated carbocycles. The minimum atomic E-state index is -4.44. The largest absolute Gasteiger partial charge is 0.497 e. The molecule has 28 heavy (non-hydrogen) atoms. The molecule has 0 saturated heterocycles. The molecule has 0 bridgehead atoms. The van der Waals surface area contributed by atoms with Gasteiger partial charge in [-0.1, -0.05) is 12.1 Å². The van der Waals surface area contributed by atoms with Gasteiger partial charge in [0.2, 0.25) is 5.88 Å². The molecule has 5 nitrogen and oxygen atoms in total. The molecule has 0 spiro atoms. The van der Waals surface area contributed by atoms with Crippen LogP contribution in [0.25, 0.3) is 0 Å². The van der Waals surface area contributed by atoms with E-state index in [1.807, 2.05) is 38.1 Å². The van der Waals surface area contributed by atoms with Gasteiger partial charge in [0, 0.05) is 24.8 Å². The monoisotopic (exact) mass is 396 g/mol. The lowest BCUT2D eigenvalue weighted by molar-refractivity contribution is -0.154. The van der Waals surface area contributed by atoms with Crippen LogP contribution in [0.3, 0.4) is 0 Å². The Kier molecular flexibility index (Phi) is 7.25. The van der Waals surface area contributed by atoms with E-state index in [9.17, 15) is 18.0 Å². The van der Waals surface area contributed by atoms with Gasteiger partial charge in [-0.15, -0.1) is 0 Å². The molecule has 0 radical (unpaired) electrons. The van der Waals surface area contributed by atoms with Gasteiger partial charge in [0.25, 0.3) is 5.91 Å². The molecule has 1 atom stereocenters. The number of carbonyl (C=O) groups is 1. The van der Waals surface area contributed by atoms with Gasteiger partial charge >= 0.3 is 6.18 Å². The number of pyridine rings is 1. The number of likely N-dealkylation sites (N-methyl/N-ethyl adjacent to an activating group) is 1. The summed E-state index contributed by atoms with van der Waals surface area (Å²) in [6.45, 7) is 2.88. The highest BCUT2D eigenvalue weighted by Gasteiger charge is 2.28. The van der Waals surface area contributed by atoms with Crippen molar-refractivity contribution in [3.05, 3.63) is 53.7 Å². The van der Waals surface area contributed by atoms with Crippen LogP contribution in [-0.2, 0) is 6.42 Å². The van der Waals surface area contributed by atoms with Gasteiger partial charge in [-0.2, -0.15) is 13.2 Å². The van der Waals surface area contributed by atoms with Crippen LogP contribution in [0, 0.1) is 0 Å². The van der Waals surface area contributed by atoms with E-state index < -0.39 is 12.8 Å². The van der Waals surface area contributed by atoms with Gasteiger partial charge in [0.1, 0.15) is 5.75 Å². The van der Waals surface area contributed by atoms with Crippen molar-refractivity contribution in [2.24, 2.45) is 0 Å². The number of halogens is 3. The molecule has 1 unspecified atom stereocenters. The Bertz CT molecular complexity index is 762. The second-order valence-corrected chi connectivity index (χ2v) is 6.28. The van der Waals surface area contributed by atoms with Crippen LogP contribution in [-0.4, -0.2) is 48.3 Å². The van der Waals surface area contributed by atoms with E-state index >= 15 is 0 Å². The van der Waals surface area contributed by atoms with E-state index in [1.165, 1.54) is 18.3 Å². The number of alkyl halides is 3. The Labute approximate surface area is 162 Å². The number of carbonyl (C=O) groups excluding carboxylic acids is 1. The minimum absolute atomic E-state index is 0.0768. The summed E-state index contributed by atoms with van der Waals surface area (Å²) < 4.78 is 46.3. The highest BCUT2D eigenvalue weighted by atomic mass is 19.4. The molecule has 2 aromatic rings. The van der Waals surface area contributed by atoms with E-state index in [-0.39, 0.29) is 17.8 Å². The lowest BCUT2D eigenvalue weighted by Crippen LogP contribution is -2.39. The summed E-state index contributed by atoms with van der Waals surface area (Å²) in [4.78, 5) is 18.3. The van der Waals surface area contributed by atoms with Crippen LogP contribution in [0.5, 0.6) is 11.6 Å². The first-order valence-corrected chi connectivity index (χ1v) is 8.83. The van der Waals surface area contributed by atoms with Crippen LogP contribution in [0.1, 0.15) is 29.8 Å². The highest BCUT2D eigenvalue weighted by molar-refractivity contribution is 5.94. The third kappa shape index (κ3) is 6.14. The first-order valence-electron chi connectivity index (χ1n) is 8.83. The van der Waals surface area contributed by atoms with Crippen LogP contribution >= 0.6 is 0 Å². The highest BCUT2D eigenvalue weighted by Crippen LogP contribution is 2.19. The molecule has 0 aliphatic rings. The summed E-state index contributed by atoms with van der Waals surface area (Å²) in [5, 5.41) is 0. The van der Waals surface area contributed by atoms with Gasteiger partial charge < -0.3 is 14.4 Å². The number of aromatic nitrogens is 1. The van der Waals surface area contributed by atoms with Crippen LogP contribution in [0.4, 0.5) is 13.2 Å². The summed E-state index contributed by atoms with van der Waals surface area (Å²) in [7, 11) is 1.60. The predicted molar refractivity (Wildman–Crippen MR) is 98.7 cm³/mol. The molecule has 0 N–H and O–H groups in total. The van der Waals surface area contributed by atoms with E-state index in [2.05, 4.69) is 9.72 Å². The Hall–Kier alpha value is -2.77. The second kappa shape index (κ2) is 9.43. The molecule has 0 aliphatic heterocycles. The van der Waals surface area contributed by atoms with E-state index in [0.29, 0.717) is 18.5 Å². The predicted octanol–water partition coefficient (Wildman–Crippen LogP) is 4.12. The number of rotatable bonds is 8. The first-order chi connectivity index (χ1) is 13.2. The zero-order valence-electron chi connectivity index (χ0n) is 16.0. The minimum Gasteiger partial charge on any atom is -0.497 e. The topological polar surface area (TPSA) is 51.7 Å². The first kappa shape index (κ1) is 21.5. The van der Waals surface area contributed by atoms with Gasteiger partial charge in [-0.25, -0.2) is 4.98 Å². The number of ether oxygens (including phenoxy) is 2. The molecule has 0 fully saturated rings. The van der Waals surface area contributed by atoms with Crippen molar-refractivity contribution in [2.45, 2.75) is 32.5 Å². The lowest BCUT2D eigenvalue weighted by atomic mass is 10.0. The summed E-state index contributed by atoms with van der Waals surface area (Å²) in [6.07, 6.45) is -2.55. The quantitative estimate of drug-likeness (QED) is 0.674. The fraction of sp³-hybridized carbons (Fsp3) is 0.400. The Morgan fingerprint density at radius 1 is 1.18 bits per heavy atom. The van der Waals surface area contributed by atoms with Crippen LogP contribution < -0.4 is 9.47 Å². The lowest BCUT2D eigenvalue weighted by Gasteiger charge is -2.28. The molecule has 1 heterocycles. The van der Waals surface area contributed by atoms with Crippen molar-refractivity contribution >= 4 is 5.91 Å². The normalized spacial score (nSPS) is 12.4. The van der Waals surface area contributed by atoms with Crippen molar-refractivity contribution in [3.63, 3.8) is 0 Å². The molecule has 2 rings (SSSR count). The Balaban J connectivity index is 2.02. The van der Waals surface area contributed by atoms with E-state index in [1.54, 1.807) is 12.0 Å². The fourth-order valence-corrected chi connectivity index (χ4v) is 2.78. The van der Waals surface area contributed by atoms with Crippen molar-refractivity contribution in [1.29, 1.82) is 0 Å². The SMILES string of the molecule is CCN(C(=O)c1ccc(OCC(F)(F)F)nc1)C(C)Cc1ccc(OC)cc1. The third-order valence-electron chi connectivity index (χ3n) is 4.19. The van der Waals surface area contributed by atoms with Gasteiger partial charge in [-0.3, -0.25) is 4.79 Å². The summed E-state index contributed by atoms with van der Waals surface area (Å²) in [5.41, 5.74) is 1.36. The van der Waals surface area contributed by atoms with E-state index in [4.69, 9.17) is 4.74 Å². The van der Waals surface area contributed by atoms with Crippen molar-refractivity contribution in [2.75, 3.05) is 20.3 Å². The molecule has 1 aromatic carbocycles. The standard InChI is InChI=1S/C20H23F3N2O3/c1-4-25(14(2)11-15-5-8-17(27-3)9-6-15)19(26)16-7-10-18(24-12-16)28-13-20(21,22)23/h5-10,12,14H,4,11,13H2,1-3H3. The maximum Gasteiger partial charge on any atom is 0.422 e. The van der Waals surface area contributed by atoms with Gasteiger partial charge in [0.05, 0.1) is 12.7 Å². The summed E-state index contributed by atoms with van der Waals surface area (Å²) in [5.74, 6) is 0.348. The number of hydrogen-bond acceptors (Lipinski definition) is 4. The average Bonchev–Trinajstić information content (AvgIpc) is 2.67. The molecule has 1 aromatic heterocycles. The third-order valence-corrected chi connectivity index (χ3v) is 4.19. The molecule has 152 valence electrons. The number of benzene rings is 1. The zero-order valence-corrected chi connectivity index (χ0v) is 16.0. The Morgan fingerprint density at radius 3 is 2.36 bits per heavy atom. The molecule has 1 amide bonds. The van der Waals surface area contributed by atoms with Crippen molar-refractivity contribution in [3.8, 4) is 11.6 Å². The molecular formula is C20H23F3N2O3. The summed E-state index contributed by atoms with van der Waals surface area (Å²) >= 11 is 0. The van der Waals surface area contributed by atoms with Gasteiger partial charge in [0.15, 0.2) is 6.61 Å². The second-order valence-electron chi connectivity index (χ2n) is 6.28. The number of amides is 1. The number of nitrogens with zero attached hydrogens (tertiary/aromatic N) is 2. The van der Waals surface area contributed by atoms with E-state index in [0.717, 1.165) is 11.3 Å². The fourth-order valence-electron chi connectivity index (χ4n) is 2.78. The van der Waals surface area contributed by atoms with Crippen LogP contribution in [0.2, 0.25) is 0 Å².